The van der Waals surface area contributed by atoms with Crippen molar-refractivity contribution >= 4 is 24.3 Å². The molecule has 1 amide bonds. The average molecular weight is 291 g/mol. The van der Waals surface area contributed by atoms with Crippen molar-refractivity contribution in [2.45, 2.75) is 30.5 Å². The molecule has 0 bridgehead atoms. The van der Waals surface area contributed by atoms with Crippen LogP contribution in [0.15, 0.2) is 12.7 Å². The molecule has 1 aliphatic heterocycles. The molecule has 0 aromatic rings. The lowest BCUT2D eigenvalue weighted by Gasteiger charge is -2.19. The molecule has 0 spiro atoms. The molecular formula is C12H19ClN2O4. The molecule has 0 radical (unpaired) electrons. The molecule has 19 heavy (non-hydrogen) atoms. The van der Waals surface area contributed by atoms with Crippen LogP contribution in [0.1, 0.15) is 12.8 Å². The van der Waals surface area contributed by atoms with Gasteiger partial charge in [-0.1, -0.05) is 6.08 Å². The number of methoxy groups -OCH3 is 1. The first kappa shape index (κ1) is 15.9. The summed E-state index contributed by atoms with van der Waals surface area (Å²) in [6.45, 7) is 4.03. The van der Waals surface area contributed by atoms with E-state index in [-0.39, 0.29) is 24.2 Å². The Morgan fingerprint density at radius 3 is 2.68 bits per heavy atom. The van der Waals surface area contributed by atoms with Crippen LogP contribution in [0.5, 0.6) is 0 Å². The number of esters is 1. The lowest BCUT2D eigenvalue weighted by molar-refractivity contribution is -0.147. The smallest absolute Gasteiger partial charge is 0.332 e. The first-order chi connectivity index (χ1) is 8.53. The molecule has 0 aromatic heterocycles. The predicted octanol–water partition coefficient (Wildman–Crippen LogP) is -0.635. The molecule has 3 N–H and O–H groups in total. The Morgan fingerprint density at radius 2 is 2.26 bits per heavy atom. The van der Waals surface area contributed by atoms with Gasteiger partial charge in [-0.2, -0.15) is 0 Å². The largest absolute Gasteiger partial charge is 0.467 e. The van der Waals surface area contributed by atoms with Crippen molar-refractivity contribution in [2.24, 2.45) is 5.92 Å². The van der Waals surface area contributed by atoms with Gasteiger partial charge in [0.2, 0.25) is 5.91 Å². The molecule has 2 fully saturated rings. The van der Waals surface area contributed by atoms with Crippen molar-refractivity contribution in [3.05, 3.63) is 12.7 Å². The lowest BCUT2D eigenvalue weighted by Crippen LogP contribution is -2.51. The van der Waals surface area contributed by atoms with E-state index in [2.05, 4.69) is 17.2 Å². The van der Waals surface area contributed by atoms with Crippen LogP contribution in [-0.4, -0.2) is 48.3 Å². The minimum atomic E-state index is -0.956. The maximum atomic E-state index is 12.0. The molecule has 0 aromatic carbocycles. The quantitative estimate of drug-likeness (QED) is 0.474. The first-order valence-electron chi connectivity index (χ1n) is 5.98. The van der Waals surface area contributed by atoms with Crippen molar-refractivity contribution in [1.82, 2.24) is 10.6 Å². The van der Waals surface area contributed by atoms with Crippen molar-refractivity contribution in [1.29, 1.82) is 0 Å². The Labute approximate surface area is 118 Å². The van der Waals surface area contributed by atoms with Gasteiger partial charge >= 0.3 is 5.97 Å². The monoisotopic (exact) mass is 290 g/mol. The molecular weight excluding hydrogens is 272 g/mol. The minimum absolute atomic E-state index is 0. The zero-order valence-electron chi connectivity index (χ0n) is 10.7. The average Bonchev–Trinajstić information content (AvgIpc) is 2.90. The normalized spacial score (nSPS) is 36.0. The number of carbonyl (C=O) groups is 2. The minimum Gasteiger partial charge on any atom is -0.467 e. The fraction of sp³-hybridized carbons (Fsp3) is 0.667. The Hall–Kier alpha value is -1.11. The standard InChI is InChI=1S/C12H18N2O4.ClH/c1-3-7-5-12(7,11(17)18-2)14-10(16)9-4-8(15)6-13-9;/h3,7-9,13,15H,1,4-6H2,2H3,(H,14,16);1H. The number of carbonyl (C=O) groups excluding carboxylic acids is 2. The Balaban J connectivity index is 0.00000180. The first-order valence-corrected chi connectivity index (χ1v) is 5.98. The summed E-state index contributed by atoms with van der Waals surface area (Å²) in [6.07, 6.45) is 2.02. The van der Waals surface area contributed by atoms with E-state index < -0.39 is 23.7 Å². The summed E-state index contributed by atoms with van der Waals surface area (Å²) in [4.78, 5) is 23.7. The second kappa shape index (κ2) is 5.90. The van der Waals surface area contributed by atoms with E-state index >= 15 is 0 Å². The van der Waals surface area contributed by atoms with E-state index in [1.807, 2.05) is 0 Å². The summed E-state index contributed by atoms with van der Waals surface area (Å²) in [5, 5.41) is 15.0. The summed E-state index contributed by atoms with van der Waals surface area (Å²) in [5.74, 6) is -0.805. The molecule has 1 aliphatic carbocycles. The van der Waals surface area contributed by atoms with E-state index in [1.165, 1.54) is 7.11 Å². The molecule has 7 heteroatoms. The number of rotatable bonds is 4. The highest BCUT2D eigenvalue weighted by Gasteiger charge is 2.61. The molecule has 4 unspecified atom stereocenters. The van der Waals surface area contributed by atoms with E-state index in [4.69, 9.17) is 4.74 Å². The fourth-order valence-corrected chi connectivity index (χ4v) is 2.41. The summed E-state index contributed by atoms with van der Waals surface area (Å²) < 4.78 is 4.72. The molecule has 4 atom stereocenters. The molecule has 2 rings (SSSR count). The number of nitrogens with one attached hydrogen (secondary N) is 2. The van der Waals surface area contributed by atoms with Gasteiger partial charge in [-0.05, 0) is 12.8 Å². The molecule has 6 nitrogen and oxygen atoms in total. The summed E-state index contributed by atoms with van der Waals surface area (Å²) in [6, 6.07) is -0.451. The van der Waals surface area contributed by atoms with Gasteiger partial charge in [0, 0.05) is 12.5 Å². The Kier molecular flexibility index (Phi) is 4.95. The highest BCUT2D eigenvalue weighted by Crippen LogP contribution is 2.45. The van der Waals surface area contributed by atoms with Gasteiger partial charge in [-0.25, -0.2) is 4.79 Å². The van der Waals surface area contributed by atoms with Gasteiger partial charge in [0.1, 0.15) is 5.54 Å². The topological polar surface area (TPSA) is 87.7 Å². The second-order valence-electron chi connectivity index (χ2n) is 4.85. The van der Waals surface area contributed by atoms with E-state index in [0.29, 0.717) is 19.4 Å². The van der Waals surface area contributed by atoms with Crippen LogP contribution in [0.3, 0.4) is 0 Å². The van der Waals surface area contributed by atoms with Crippen molar-refractivity contribution in [3.63, 3.8) is 0 Å². The number of aliphatic hydroxyl groups excluding tert-OH is 1. The number of hydrogen-bond acceptors (Lipinski definition) is 5. The number of hydrogen-bond donors (Lipinski definition) is 3. The van der Waals surface area contributed by atoms with Crippen molar-refractivity contribution in [2.75, 3.05) is 13.7 Å². The van der Waals surface area contributed by atoms with Gasteiger partial charge in [0.15, 0.2) is 0 Å². The summed E-state index contributed by atoms with van der Waals surface area (Å²) in [5.41, 5.74) is -0.956. The van der Waals surface area contributed by atoms with Crippen LogP contribution in [0.25, 0.3) is 0 Å². The number of halogens is 1. The fourth-order valence-electron chi connectivity index (χ4n) is 2.41. The van der Waals surface area contributed by atoms with E-state index in [0.717, 1.165) is 0 Å². The molecule has 1 saturated heterocycles. The number of aliphatic hydroxyl groups is 1. The summed E-state index contributed by atoms with van der Waals surface area (Å²) in [7, 11) is 1.30. The van der Waals surface area contributed by atoms with Crippen LogP contribution in [0, 0.1) is 5.92 Å². The number of β-amino-alcohol motifs (C(OH)–C–C–N with tert-alkyl or cyclic N) is 1. The molecule has 1 saturated carbocycles. The third-order valence-corrected chi connectivity index (χ3v) is 3.62. The zero-order valence-corrected chi connectivity index (χ0v) is 11.5. The molecule has 2 aliphatic rings. The lowest BCUT2D eigenvalue weighted by atomic mass is 10.1. The van der Waals surface area contributed by atoms with E-state index in [9.17, 15) is 14.7 Å². The number of amides is 1. The van der Waals surface area contributed by atoms with Gasteiger partial charge in [0.05, 0.1) is 19.3 Å². The maximum absolute atomic E-state index is 12.0. The molecule has 108 valence electrons. The second-order valence-corrected chi connectivity index (χ2v) is 4.85. The van der Waals surface area contributed by atoms with Crippen molar-refractivity contribution < 1.29 is 19.4 Å². The third kappa shape index (κ3) is 2.91. The van der Waals surface area contributed by atoms with Gasteiger partial charge < -0.3 is 20.5 Å². The maximum Gasteiger partial charge on any atom is 0.332 e. The van der Waals surface area contributed by atoms with Crippen LogP contribution in [0.2, 0.25) is 0 Å². The Bertz CT molecular complexity index is 390. The van der Waals surface area contributed by atoms with Crippen LogP contribution in [0.4, 0.5) is 0 Å². The van der Waals surface area contributed by atoms with E-state index in [1.54, 1.807) is 6.08 Å². The zero-order chi connectivity index (χ0) is 13.3. The SMILES string of the molecule is C=CC1CC1(NC(=O)C1CC(O)CN1)C(=O)OC.Cl. The number of ether oxygens (including phenoxy) is 1. The Morgan fingerprint density at radius 1 is 1.58 bits per heavy atom. The van der Waals surface area contributed by atoms with Crippen LogP contribution in [-0.2, 0) is 14.3 Å². The van der Waals surface area contributed by atoms with Gasteiger partial charge in [-0.3, -0.25) is 4.79 Å². The summed E-state index contributed by atoms with van der Waals surface area (Å²) >= 11 is 0. The van der Waals surface area contributed by atoms with Crippen LogP contribution < -0.4 is 10.6 Å². The van der Waals surface area contributed by atoms with Gasteiger partial charge in [-0.15, -0.1) is 19.0 Å². The molecule has 1 heterocycles. The predicted molar refractivity (Wildman–Crippen MR) is 70.9 cm³/mol. The highest BCUT2D eigenvalue weighted by molar-refractivity contribution is 5.93. The van der Waals surface area contributed by atoms with Gasteiger partial charge in [0.25, 0.3) is 0 Å². The highest BCUT2D eigenvalue weighted by atomic mass is 35.5. The van der Waals surface area contributed by atoms with Crippen molar-refractivity contribution in [3.8, 4) is 0 Å². The van der Waals surface area contributed by atoms with Crippen LogP contribution >= 0.6 is 12.4 Å². The third-order valence-electron chi connectivity index (χ3n) is 3.62.